The van der Waals surface area contributed by atoms with Gasteiger partial charge in [-0.1, -0.05) is 11.6 Å². The number of nitrogens with zero attached hydrogens (tertiary/aromatic N) is 4. The number of carbonyl (C=O) groups excluding carboxylic acids is 1. The van der Waals surface area contributed by atoms with Gasteiger partial charge in [0.2, 0.25) is 11.9 Å². The maximum absolute atomic E-state index is 11.7. The molecule has 1 amide bonds. The smallest absolute Gasteiger partial charge is 0.246 e. The van der Waals surface area contributed by atoms with Crippen LogP contribution in [-0.2, 0) is 11.3 Å². The number of aromatic nitrogens is 3. The summed E-state index contributed by atoms with van der Waals surface area (Å²) in [7, 11) is 0. The number of nitrogens with one attached hydrogen (secondary N) is 1. The zero-order valence-electron chi connectivity index (χ0n) is 9.67. The number of anilines is 2. The molecule has 96 valence electrons. The number of nitrogens with two attached hydrogens (primary N) is 1. The Morgan fingerprint density at radius 2 is 2.37 bits per heavy atom. The molecule has 0 unspecified atom stereocenters. The van der Waals surface area contributed by atoms with E-state index in [9.17, 15) is 4.79 Å². The standard InChI is InChI=1S/C11H9ClN6O/c12-9-3-8(2-1-7(9)4-13)16-10(19)5-18-6-15-11(14)17-18/h1-3,6H,5H2,(H2,14,17)(H,16,19). The molecule has 0 spiro atoms. The van der Waals surface area contributed by atoms with Gasteiger partial charge in [-0.05, 0) is 18.2 Å². The highest BCUT2D eigenvalue weighted by molar-refractivity contribution is 6.32. The second-order valence-electron chi connectivity index (χ2n) is 3.65. The summed E-state index contributed by atoms with van der Waals surface area (Å²) in [6, 6.07) is 6.57. The van der Waals surface area contributed by atoms with Crippen molar-refractivity contribution in [2.24, 2.45) is 0 Å². The van der Waals surface area contributed by atoms with Crippen molar-refractivity contribution in [2.45, 2.75) is 6.54 Å². The molecule has 0 saturated carbocycles. The summed E-state index contributed by atoms with van der Waals surface area (Å²) in [5.74, 6) is -0.195. The molecule has 1 aromatic carbocycles. The van der Waals surface area contributed by atoms with E-state index in [-0.39, 0.29) is 23.4 Å². The van der Waals surface area contributed by atoms with Crippen LogP contribution in [-0.4, -0.2) is 20.7 Å². The lowest BCUT2D eigenvalue weighted by Gasteiger charge is -2.05. The molecule has 19 heavy (non-hydrogen) atoms. The lowest BCUT2D eigenvalue weighted by Crippen LogP contribution is -2.19. The van der Waals surface area contributed by atoms with Crippen molar-refractivity contribution >= 4 is 29.1 Å². The molecular formula is C11H9ClN6O. The number of hydrogen-bond donors (Lipinski definition) is 2. The normalized spacial score (nSPS) is 9.89. The zero-order valence-corrected chi connectivity index (χ0v) is 10.4. The van der Waals surface area contributed by atoms with E-state index in [4.69, 9.17) is 22.6 Å². The van der Waals surface area contributed by atoms with E-state index < -0.39 is 0 Å². The molecule has 1 heterocycles. The molecule has 0 bridgehead atoms. The summed E-state index contributed by atoms with van der Waals surface area (Å²) in [6.07, 6.45) is 1.36. The molecule has 0 aliphatic heterocycles. The van der Waals surface area contributed by atoms with Crippen LogP contribution in [0.3, 0.4) is 0 Å². The zero-order chi connectivity index (χ0) is 13.8. The van der Waals surface area contributed by atoms with Crippen molar-refractivity contribution in [3.05, 3.63) is 35.1 Å². The van der Waals surface area contributed by atoms with Gasteiger partial charge in [-0.15, -0.1) is 5.10 Å². The van der Waals surface area contributed by atoms with Gasteiger partial charge in [-0.3, -0.25) is 4.79 Å². The van der Waals surface area contributed by atoms with Gasteiger partial charge in [-0.2, -0.15) is 5.26 Å². The molecule has 0 atom stereocenters. The Morgan fingerprint density at radius 1 is 1.58 bits per heavy atom. The average molecular weight is 277 g/mol. The van der Waals surface area contributed by atoms with Gasteiger partial charge in [-0.25, -0.2) is 9.67 Å². The van der Waals surface area contributed by atoms with E-state index in [1.165, 1.54) is 23.1 Å². The van der Waals surface area contributed by atoms with Gasteiger partial charge in [0.15, 0.2) is 0 Å². The predicted molar refractivity (Wildman–Crippen MR) is 69.2 cm³/mol. The number of rotatable bonds is 3. The fraction of sp³-hybridized carbons (Fsp3) is 0.0909. The lowest BCUT2D eigenvalue weighted by molar-refractivity contribution is -0.116. The highest BCUT2D eigenvalue weighted by Crippen LogP contribution is 2.20. The molecule has 7 nitrogen and oxygen atoms in total. The summed E-state index contributed by atoms with van der Waals surface area (Å²) in [5.41, 5.74) is 6.19. The van der Waals surface area contributed by atoms with E-state index in [0.29, 0.717) is 11.3 Å². The van der Waals surface area contributed by atoms with Crippen molar-refractivity contribution in [1.82, 2.24) is 14.8 Å². The van der Waals surface area contributed by atoms with Crippen LogP contribution in [0.5, 0.6) is 0 Å². The van der Waals surface area contributed by atoms with Crippen molar-refractivity contribution in [2.75, 3.05) is 11.1 Å². The van der Waals surface area contributed by atoms with Crippen LogP contribution >= 0.6 is 11.6 Å². The molecule has 0 aliphatic carbocycles. The minimum atomic E-state index is -0.300. The molecule has 1 aromatic heterocycles. The number of halogens is 1. The van der Waals surface area contributed by atoms with E-state index in [0.717, 1.165) is 0 Å². The third-order valence-electron chi connectivity index (χ3n) is 2.23. The number of amides is 1. The van der Waals surface area contributed by atoms with E-state index in [2.05, 4.69) is 15.4 Å². The minimum absolute atomic E-state index is 0.0121. The van der Waals surface area contributed by atoms with E-state index in [1.807, 2.05) is 6.07 Å². The second kappa shape index (κ2) is 5.37. The molecular weight excluding hydrogens is 268 g/mol. The average Bonchev–Trinajstić information content (AvgIpc) is 2.74. The Morgan fingerprint density at radius 3 is 2.95 bits per heavy atom. The van der Waals surface area contributed by atoms with Gasteiger partial charge < -0.3 is 11.1 Å². The van der Waals surface area contributed by atoms with Crippen molar-refractivity contribution in [3.8, 4) is 6.07 Å². The number of hydrogen-bond acceptors (Lipinski definition) is 5. The van der Waals surface area contributed by atoms with Crippen molar-refractivity contribution < 1.29 is 4.79 Å². The lowest BCUT2D eigenvalue weighted by atomic mass is 10.2. The Labute approximate surface area is 113 Å². The third kappa shape index (κ3) is 3.20. The molecule has 8 heteroatoms. The molecule has 2 rings (SSSR count). The Kier molecular flexibility index (Phi) is 3.63. The van der Waals surface area contributed by atoms with Crippen molar-refractivity contribution in [1.29, 1.82) is 5.26 Å². The first-order chi connectivity index (χ1) is 9.08. The largest absolute Gasteiger partial charge is 0.367 e. The van der Waals surface area contributed by atoms with Gasteiger partial charge in [0.25, 0.3) is 0 Å². The van der Waals surface area contributed by atoms with E-state index in [1.54, 1.807) is 6.07 Å². The van der Waals surface area contributed by atoms with Crippen LogP contribution in [0.15, 0.2) is 24.5 Å². The van der Waals surface area contributed by atoms with Crippen molar-refractivity contribution in [3.63, 3.8) is 0 Å². The minimum Gasteiger partial charge on any atom is -0.367 e. The van der Waals surface area contributed by atoms with E-state index >= 15 is 0 Å². The number of nitrogen functional groups attached to an aromatic ring is 1. The fourth-order valence-electron chi connectivity index (χ4n) is 1.42. The molecule has 2 aromatic rings. The van der Waals surface area contributed by atoms with Crippen LogP contribution in [0.2, 0.25) is 5.02 Å². The first-order valence-corrected chi connectivity index (χ1v) is 5.60. The van der Waals surface area contributed by atoms with Gasteiger partial charge in [0, 0.05) is 5.69 Å². The SMILES string of the molecule is N#Cc1ccc(NC(=O)Cn2cnc(N)n2)cc1Cl. The molecule has 0 fully saturated rings. The van der Waals surface area contributed by atoms with Crippen LogP contribution in [0.4, 0.5) is 11.6 Å². The molecule has 3 N–H and O–H groups in total. The van der Waals surface area contributed by atoms with Crippen LogP contribution < -0.4 is 11.1 Å². The fourth-order valence-corrected chi connectivity index (χ4v) is 1.64. The van der Waals surface area contributed by atoms with Crippen LogP contribution in [0, 0.1) is 11.3 Å². The first kappa shape index (κ1) is 12.9. The maximum atomic E-state index is 11.7. The van der Waals surface area contributed by atoms with Crippen LogP contribution in [0.25, 0.3) is 0 Å². The first-order valence-electron chi connectivity index (χ1n) is 5.23. The summed E-state index contributed by atoms with van der Waals surface area (Å²) in [5, 5.41) is 15.4. The van der Waals surface area contributed by atoms with Gasteiger partial charge in [0.1, 0.15) is 18.9 Å². The number of benzene rings is 1. The summed E-state index contributed by atoms with van der Waals surface area (Å²) >= 11 is 5.86. The number of nitriles is 1. The monoisotopic (exact) mass is 276 g/mol. The van der Waals surface area contributed by atoms with Crippen LogP contribution in [0.1, 0.15) is 5.56 Å². The Hall–Kier alpha value is -2.59. The Balaban J connectivity index is 2.03. The topological polar surface area (TPSA) is 110 Å². The third-order valence-corrected chi connectivity index (χ3v) is 2.55. The maximum Gasteiger partial charge on any atom is 0.246 e. The molecule has 0 aliphatic rings. The summed E-state index contributed by atoms with van der Waals surface area (Å²) in [6.45, 7) is -0.0121. The predicted octanol–water partition coefficient (Wildman–Crippen LogP) is 1.02. The van der Waals surface area contributed by atoms with Gasteiger partial charge >= 0.3 is 0 Å². The Bertz CT molecular complexity index is 659. The molecule has 0 radical (unpaired) electrons. The van der Waals surface area contributed by atoms with Gasteiger partial charge in [0.05, 0.1) is 10.6 Å². The quantitative estimate of drug-likeness (QED) is 0.870. The number of carbonyl (C=O) groups is 1. The second-order valence-corrected chi connectivity index (χ2v) is 4.06. The summed E-state index contributed by atoms with van der Waals surface area (Å²) in [4.78, 5) is 15.4. The highest BCUT2D eigenvalue weighted by Gasteiger charge is 2.07. The summed E-state index contributed by atoms with van der Waals surface area (Å²) < 4.78 is 1.32. The molecule has 0 saturated heterocycles. The highest BCUT2D eigenvalue weighted by atomic mass is 35.5.